The number of allylic oxidation sites excluding steroid dienone is 2. The summed E-state index contributed by atoms with van der Waals surface area (Å²) in [6.07, 6.45) is 5.32. The molecule has 0 heterocycles. The third kappa shape index (κ3) is 6.66. The van der Waals surface area contributed by atoms with Gasteiger partial charge >= 0.3 is 0 Å². The van der Waals surface area contributed by atoms with Crippen LogP contribution < -0.4 is 18.9 Å². The van der Waals surface area contributed by atoms with Crippen LogP contribution in [0.15, 0.2) is 47.5 Å². The third-order valence-electron chi connectivity index (χ3n) is 5.45. The van der Waals surface area contributed by atoms with Crippen molar-refractivity contribution in [2.24, 2.45) is 11.8 Å². The minimum atomic E-state index is 0.0817. The number of hydrogen-bond acceptors (Lipinski definition) is 5. The Balaban J connectivity index is 1.76. The van der Waals surface area contributed by atoms with Gasteiger partial charge in [0.25, 0.3) is 0 Å². The van der Waals surface area contributed by atoms with Crippen LogP contribution in [0.4, 0.5) is 0 Å². The van der Waals surface area contributed by atoms with Crippen LogP contribution in [0, 0.1) is 11.8 Å². The number of Topliss-reactive ketones (excluding diaryl/α,β-unsaturated/α-hetero) is 1. The van der Waals surface area contributed by atoms with Crippen LogP contribution in [-0.2, 0) is 4.79 Å². The highest BCUT2D eigenvalue weighted by molar-refractivity contribution is 6.15. The van der Waals surface area contributed by atoms with Crippen molar-refractivity contribution < 1.29 is 23.7 Å². The predicted molar refractivity (Wildman–Crippen MR) is 137 cm³/mol. The molecule has 1 aliphatic rings. The molecule has 5 heteroatoms. The number of hydrogen-bond donors (Lipinski definition) is 0. The summed E-state index contributed by atoms with van der Waals surface area (Å²) in [5.74, 6) is 3.70. The second kappa shape index (κ2) is 11.8. The van der Waals surface area contributed by atoms with E-state index in [0.717, 1.165) is 22.3 Å². The van der Waals surface area contributed by atoms with E-state index < -0.39 is 0 Å². The zero-order chi connectivity index (χ0) is 24.7. The van der Waals surface area contributed by atoms with Crippen molar-refractivity contribution >= 4 is 17.9 Å². The average Bonchev–Trinajstić information content (AvgIpc) is 3.15. The van der Waals surface area contributed by atoms with Crippen molar-refractivity contribution in [3.63, 3.8) is 0 Å². The molecule has 1 fully saturated rings. The summed E-state index contributed by atoms with van der Waals surface area (Å²) < 4.78 is 22.7. The monoisotopic (exact) mass is 464 g/mol. The first-order chi connectivity index (χ1) is 16.3. The molecule has 0 aliphatic heterocycles. The molecule has 2 aromatic rings. The number of methoxy groups -OCH3 is 2. The largest absolute Gasteiger partial charge is 0.493 e. The summed E-state index contributed by atoms with van der Waals surface area (Å²) in [5.41, 5.74) is 3.44. The molecule has 0 saturated heterocycles. The van der Waals surface area contributed by atoms with Crippen molar-refractivity contribution in [3.05, 3.63) is 58.7 Å². The number of benzene rings is 2. The van der Waals surface area contributed by atoms with Gasteiger partial charge in [-0.25, -0.2) is 0 Å². The van der Waals surface area contributed by atoms with Crippen molar-refractivity contribution in [2.45, 2.75) is 40.5 Å². The maximum atomic E-state index is 13.1. The minimum Gasteiger partial charge on any atom is -0.493 e. The van der Waals surface area contributed by atoms with Crippen LogP contribution in [0.3, 0.4) is 0 Å². The van der Waals surface area contributed by atoms with E-state index in [1.165, 1.54) is 0 Å². The van der Waals surface area contributed by atoms with Crippen molar-refractivity contribution in [1.82, 2.24) is 0 Å². The van der Waals surface area contributed by atoms with Crippen LogP contribution in [0.25, 0.3) is 12.2 Å². The van der Waals surface area contributed by atoms with Gasteiger partial charge in [0.05, 0.1) is 27.4 Å². The standard InChI is InChI=1S/C29H36O5/c1-19(2)17-33-25-11-7-21(15-27(25)31-5)13-23-9-10-24(29(23)30)14-22-8-12-26(28(16-22)32-6)34-18-20(3)4/h7-8,11-16,19-20H,9-10,17-18H2,1-6H3. The van der Waals surface area contributed by atoms with Crippen molar-refractivity contribution in [2.75, 3.05) is 27.4 Å². The number of carbonyl (C=O) groups excluding carboxylic acids is 1. The highest BCUT2D eigenvalue weighted by atomic mass is 16.5. The van der Waals surface area contributed by atoms with Crippen LogP contribution >= 0.6 is 0 Å². The molecule has 0 N–H and O–H groups in total. The van der Waals surface area contributed by atoms with Gasteiger partial charge < -0.3 is 18.9 Å². The summed E-state index contributed by atoms with van der Waals surface area (Å²) in [4.78, 5) is 13.1. The summed E-state index contributed by atoms with van der Waals surface area (Å²) in [5, 5.41) is 0. The van der Waals surface area contributed by atoms with E-state index in [4.69, 9.17) is 18.9 Å². The Morgan fingerprint density at radius 3 is 1.47 bits per heavy atom. The number of rotatable bonds is 10. The van der Waals surface area contributed by atoms with Crippen LogP contribution in [0.5, 0.6) is 23.0 Å². The second-order valence-corrected chi connectivity index (χ2v) is 9.40. The summed E-state index contributed by atoms with van der Waals surface area (Å²) in [6.45, 7) is 9.67. The zero-order valence-corrected chi connectivity index (χ0v) is 21.1. The Bertz CT molecular complexity index is 979. The number of ether oxygens (including phenoxy) is 4. The molecule has 0 bridgehead atoms. The van der Waals surface area contributed by atoms with Gasteiger partial charge in [0, 0.05) is 11.1 Å². The maximum Gasteiger partial charge on any atom is 0.185 e. The van der Waals surface area contributed by atoms with Gasteiger partial charge in [-0.2, -0.15) is 0 Å². The van der Waals surface area contributed by atoms with Crippen molar-refractivity contribution in [1.29, 1.82) is 0 Å². The van der Waals surface area contributed by atoms with Gasteiger partial charge in [-0.3, -0.25) is 4.79 Å². The molecule has 5 nitrogen and oxygen atoms in total. The van der Waals surface area contributed by atoms with Crippen molar-refractivity contribution in [3.8, 4) is 23.0 Å². The summed E-state index contributed by atoms with van der Waals surface area (Å²) >= 11 is 0. The Morgan fingerprint density at radius 2 is 1.12 bits per heavy atom. The maximum absolute atomic E-state index is 13.1. The Kier molecular flexibility index (Phi) is 8.80. The molecular weight excluding hydrogens is 428 g/mol. The molecule has 0 spiro atoms. The van der Waals surface area contributed by atoms with Gasteiger partial charge in [0.15, 0.2) is 28.8 Å². The summed E-state index contributed by atoms with van der Waals surface area (Å²) in [7, 11) is 3.26. The lowest BCUT2D eigenvalue weighted by Gasteiger charge is -2.13. The first-order valence-electron chi connectivity index (χ1n) is 11.9. The van der Waals surface area contributed by atoms with E-state index in [-0.39, 0.29) is 5.78 Å². The molecule has 182 valence electrons. The van der Waals surface area contributed by atoms with E-state index in [0.29, 0.717) is 60.9 Å². The average molecular weight is 465 g/mol. The molecule has 0 amide bonds. The fourth-order valence-electron chi connectivity index (χ4n) is 3.68. The SMILES string of the molecule is COc1cc(C=C2CCC(=Cc3ccc(OCC(C)C)c(OC)c3)C2=O)ccc1OCC(C)C. The van der Waals surface area contributed by atoms with Gasteiger partial charge in [-0.1, -0.05) is 39.8 Å². The molecule has 0 unspecified atom stereocenters. The molecule has 0 atom stereocenters. The van der Waals surface area contributed by atoms with E-state index in [1.807, 2.05) is 48.6 Å². The highest BCUT2D eigenvalue weighted by Crippen LogP contribution is 2.34. The molecule has 1 saturated carbocycles. The van der Waals surface area contributed by atoms with Gasteiger partial charge in [-0.05, 0) is 72.2 Å². The number of carbonyl (C=O) groups is 1. The highest BCUT2D eigenvalue weighted by Gasteiger charge is 2.23. The topological polar surface area (TPSA) is 54.0 Å². The lowest BCUT2D eigenvalue weighted by Crippen LogP contribution is -2.05. The van der Waals surface area contributed by atoms with Gasteiger partial charge in [-0.15, -0.1) is 0 Å². The lowest BCUT2D eigenvalue weighted by molar-refractivity contribution is -0.111. The van der Waals surface area contributed by atoms with E-state index >= 15 is 0 Å². The minimum absolute atomic E-state index is 0.0817. The van der Waals surface area contributed by atoms with Gasteiger partial charge in [0.2, 0.25) is 0 Å². The molecule has 0 aromatic heterocycles. The molecule has 0 radical (unpaired) electrons. The smallest absolute Gasteiger partial charge is 0.185 e. The zero-order valence-electron chi connectivity index (χ0n) is 21.1. The van der Waals surface area contributed by atoms with E-state index in [1.54, 1.807) is 14.2 Å². The molecule has 34 heavy (non-hydrogen) atoms. The summed E-state index contributed by atoms with van der Waals surface area (Å²) in [6, 6.07) is 11.6. The molecule has 3 rings (SSSR count). The van der Waals surface area contributed by atoms with E-state index in [2.05, 4.69) is 27.7 Å². The lowest BCUT2D eigenvalue weighted by atomic mass is 10.1. The molecular formula is C29H36O5. The fraction of sp³-hybridized carbons (Fsp3) is 0.414. The molecule has 2 aromatic carbocycles. The van der Waals surface area contributed by atoms with Gasteiger partial charge in [0.1, 0.15) is 0 Å². The Hall–Kier alpha value is -3.21. The fourth-order valence-corrected chi connectivity index (χ4v) is 3.68. The first-order valence-corrected chi connectivity index (χ1v) is 11.9. The Morgan fingerprint density at radius 1 is 0.706 bits per heavy atom. The van der Waals surface area contributed by atoms with Crippen LogP contribution in [0.1, 0.15) is 51.7 Å². The third-order valence-corrected chi connectivity index (χ3v) is 5.45. The predicted octanol–water partition coefficient (Wildman–Crippen LogP) is 6.60. The second-order valence-electron chi connectivity index (χ2n) is 9.40. The van der Waals surface area contributed by atoms with Crippen LogP contribution in [0.2, 0.25) is 0 Å². The normalized spacial score (nSPS) is 16.1. The van der Waals surface area contributed by atoms with E-state index in [9.17, 15) is 4.79 Å². The molecule has 1 aliphatic carbocycles. The van der Waals surface area contributed by atoms with Crippen LogP contribution in [-0.4, -0.2) is 33.2 Å². The Labute approximate surface area is 203 Å². The first kappa shape index (κ1) is 25.4. The quantitative estimate of drug-likeness (QED) is 0.371. The number of ketones is 1.